The Bertz CT molecular complexity index is 733. The Balaban J connectivity index is 0.00000196. The molecule has 0 bridgehead atoms. The molecule has 2 N–H and O–H groups in total. The number of hydrogen-bond acceptors (Lipinski definition) is 5. The first-order valence-electron chi connectivity index (χ1n) is 9.39. The van der Waals surface area contributed by atoms with Crippen molar-refractivity contribution in [2.24, 2.45) is 0 Å². The molecule has 0 spiro atoms. The third kappa shape index (κ3) is 6.36. The predicted octanol–water partition coefficient (Wildman–Crippen LogP) is 2.61. The average molecular weight is 429 g/mol. The van der Waals surface area contributed by atoms with Crippen LogP contribution in [0.5, 0.6) is 0 Å². The molecule has 0 aliphatic carbocycles. The van der Waals surface area contributed by atoms with Crippen LogP contribution < -0.4 is 15.5 Å². The zero-order valence-corrected chi connectivity index (χ0v) is 18.1. The molecule has 7 nitrogen and oxygen atoms in total. The molecule has 1 aromatic heterocycles. The van der Waals surface area contributed by atoms with Gasteiger partial charge in [-0.1, -0.05) is 17.3 Å². The number of anilines is 1. The fraction of sp³-hybridized carbons (Fsp3) is 0.526. The second kappa shape index (κ2) is 11.9. The van der Waals surface area contributed by atoms with Crippen molar-refractivity contribution in [3.8, 4) is 0 Å². The van der Waals surface area contributed by atoms with E-state index in [2.05, 4.69) is 64.0 Å². The number of carbonyl (C=O) groups is 1. The van der Waals surface area contributed by atoms with Gasteiger partial charge in [0.05, 0.1) is 12.2 Å². The SMILES string of the molecule is CCN(CCNC(=O)c1cn(C2CCNCC2)nn1)c1cccc(C)c1.Cl.Cl. The van der Waals surface area contributed by atoms with Crippen molar-refractivity contribution in [2.45, 2.75) is 32.7 Å². The maximum atomic E-state index is 12.3. The van der Waals surface area contributed by atoms with E-state index >= 15 is 0 Å². The van der Waals surface area contributed by atoms with Crippen LogP contribution in [0.3, 0.4) is 0 Å². The van der Waals surface area contributed by atoms with Gasteiger partial charge in [-0.05, 0) is 57.5 Å². The summed E-state index contributed by atoms with van der Waals surface area (Å²) in [4.78, 5) is 14.6. The first-order chi connectivity index (χ1) is 12.7. The number of carbonyl (C=O) groups excluding carboxylic acids is 1. The molecule has 1 aliphatic rings. The van der Waals surface area contributed by atoms with Crippen LogP contribution in [0.15, 0.2) is 30.5 Å². The van der Waals surface area contributed by atoms with E-state index in [-0.39, 0.29) is 30.7 Å². The van der Waals surface area contributed by atoms with Crippen molar-refractivity contribution in [3.63, 3.8) is 0 Å². The maximum absolute atomic E-state index is 12.3. The van der Waals surface area contributed by atoms with Gasteiger partial charge in [0.2, 0.25) is 0 Å². The van der Waals surface area contributed by atoms with E-state index in [1.807, 2.05) is 4.68 Å². The number of nitrogens with one attached hydrogen (secondary N) is 2. The quantitative estimate of drug-likeness (QED) is 0.708. The van der Waals surface area contributed by atoms with Crippen LogP contribution in [0, 0.1) is 6.92 Å². The van der Waals surface area contributed by atoms with Crippen LogP contribution in [0.1, 0.15) is 41.9 Å². The van der Waals surface area contributed by atoms with Crippen LogP contribution >= 0.6 is 24.8 Å². The molecular formula is C19H30Cl2N6O. The molecule has 9 heteroatoms. The Morgan fingerprint density at radius 3 is 2.75 bits per heavy atom. The third-order valence-corrected chi connectivity index (χ3v) is 4.84. The largest absolute Gasteiger partial charge is 0.370 e. The molecule has 28 heavy (non-hydrogen) atoms. The Morgan fingerprint density at radius 1 is 1.32 bits per heavy atom. The van der Waals surface area contributed by atoms with E-state index in [0.717, 1.165) is 39.0 Å². The van der Waals surface area contributed by atoms with Crippen LogP contribution in [0.4, 0.5) is 5.69 Å². The molecule has 1 saturated heterocycles. The number of halogens is 2. The molecule has 2 aromatic rings. The van der Waals surface area contributed by atoms with Crippen molar-refractivity contribution in [2.75, 3.05) is 37.6 Å². The van der Waals surface area contributed by atoms with E-state index in [1.54, 1.807) is 6.20 Å². The molecule has 0 saturated carbocycles. The zero-order valence-electron chi connectivity index (χ0n) is 16.4. The van der Waals surface area contributed by atoms with Gasteiger partial charge in [0.25, 0.3) is 5.91 Å². The van der Waals surface area contributed by atoms with E-state index in [0.29, 0.717) is 18.3 Å². The molecule has 1 aliphatic heterocycles. The lowest BCUT2D eigenvalue weighted by Crippen LogP contribution is -2.35. The second-order valence-corrected chi connectivity index (χ2v) is 6.74. The van der Waals surface area contributed by atoms with Crippen molar-refractivity contribution in [3.05, 3.63) is 41.7 Å². The van der Waals surface area contributed by atoms with Crippen LogP contribution in [-0.4, -0.2) is 53.6 Å². The molecule has 1 fully saturated rings. The van der Waals surface area contributed by atoms with E-state index < -0.39 is 0 Å². The molecule has 2 heterocycles. The fourth-order valence-corrected chi connectivity index (χ4v) is 3.32. The van der Waals surface area contributed by atoms with Gasteiger partial charge in [-0.3, -0.25) is 4.79 Å². The number of hydrogen-bond donors (Lipinski definition) is 2. The van der Waals surface area contributed by atoms with Crippen LogP contribution in [-0.2, 0) is 0 Å². The standard InChI is InChI=1S/C19H28N6O.2ClH/c1-3-24(17-6-4-5-15(2)13-17)12-11-21-19(26)18-14-25(23-22-18)16-7-9-20-10-8-16;;/h4-6,13-14,16,20H,3,7-12H2,1-2H3,(H,21,26);2*1H. The van der Waals surface area contributed by atoms with Gasteiger partial charge < -0.3 is 15.5 Å². The van der Waals surface area contributed by atoms with Crippen LogP contribution in [0.2, 0.25) is 0 Å². The molecular weight excluding hydrogens is 399 g/mol. The number of likely N-dealkylation sites (N-methyl/N-ethyl adjacent to an activating group) is 1. The lowest BCUT2D eigenvalue weighted by molar-refractivity contribution is 0.0949. The van der Waals surface area contributed by atoms with Crippen LogP contribution in [0.25, 0.3) is 0 Å². The minimum absolute atomic E-state index is 0. The summed E-state index contributed by atoms with van der Waals surface area (Å²) in [5.74, 6) is -0.162. The minimum Gasteiger partial charge on any atom is -0.370 e. The van der Waals surface area contributed by atoms with Gasteiger partial charge in [-0.25, -0.2) is 4.68 Å². The molecule has 0 radical (unpaired) electrons. The lowest BCUT2D eigenvalue weighted by Gasteiger charge is -2.23. The van der Waals surface area contributed by atoms with Gasteiger partial charge in [-0.2, -0.15) is 0 Å². The fourth-order valence-electron chi connectivity index (χ4n) is 3.32. The highest BCUT2D eigenvalue weighted by molar-refractivity contribution is 5.91. The highest BCUT2D eigenvalue weighted by Gasteiger charge is 2.18. The molecule has 0 atom stereocenters. The van der Waals surface area contributed by atoms with Crippen molar-refractivity contribution in [1.29, 1.82) is 0 Å². The normalized spacial score (nSPS) is 13.9. The van der Waals surface area contributed by atoms with Gasteiger partial charge in [0.1, 0.15) is 0 Å². The summed E-state index contributed by atoms with van der Waals surface area (Å²) in [6.45, 7) is 8.40. The number of rotatable bonds is 7. The third-order valence-electron chi connectivity index (χ3n) is 4.84. The smallest absolute Gasteiger partial charge is 0.273 e. The van der Waals surface area contributed by atoms with Crippen molar-refractivity contribution < 1.29 is 4.79 Å². The molecule has 3 rings (SSSR count). The molecule has 1 aromatic carbocycles. The summed E-state index contributed by atoms with van der Waals surface area (Å²) in [5, 5.41) is 14.5. The summed E-state index contributed by atoms with van der Waals surface area (Å²) in [5.41, 5.74) is 2.81. The first-order valence-corrected chi connectivity index (χ1v) is 9.39. The number of piperidine rings is 1. The summed E-state index contributed by atoms with van der Waals surface area (Å²) < 4.78 is 1.83. The highest BCUT2D eigenvalue weighted by Crippen LogP contribution is 2.17. The number of benzene rings is 1. The average Bonchev–Trinajstić information content (AvgIpc) is 3.16. The summed E-state index contributed by atoms with van der Waals surface area (Å²) >= 11 is 0. The number of amides is 1. The van der Waals surface area contributed by atoms with Gasteiger partial charge in [0, 0.05) is 25.3 Å². The van der Waals surface area contributed by atoms with E-state index in [9.17, 15) is 4.79 Å². The number of aromatic nitrogens is 3. The Labute approximate surface area is 179 Å². The second-order valence-electron chi connectivity index (χ2n) is 6.74. The highest BCUT2D eigenvalue weighted by atomic mass is 35.5. The first kappa shape index (κ1) is 24.2. The Kier molecular flexibility index (Phi) is 10.3. The zero-order chi connectivity index (χ0) is 18.4. The van der Waals surface area contributed by atoms with Gasteiger partial charge >= 0.3 is 0 Å². The van der Waals surface area contributed by atoms with Crippen molar-refractivity contribution >= 4 is 36.4 Å². The molecule has 156 valence electrons. The predicted molar refractivity (Wildman–Crippen MR) is 117 cm³/mol. The van der Waals surface area contributed by atoms with Gasteiger partial charge in [-0.15, -0.1) is 29.9 Å². The molecule has 1 amide bonds. The molecule has 0 unspecified atom stereocenters. The Hall–Kier alpha value is -1.83. The topological polar surface area (TPSA) is 75.1 Å². The summed E-state index contributed by atoms with van der Waals surface area (Å²) in [6, 6.07) is 8.75. The monoisotopic (exact) mass is 428 g/mol. The van der Waals surface area contributed by atoms with E-state index in [4.69, 9.17) is 0 Å². The number of aryl methyl sites for hydroxylation is 1. The van der Waals surface area contributed by atoms with E-state index in [1.165, 1.54) is 11.3 Å². The van der Waals surface area contributed by atoms with Crippen molar-refractivity contribution in [1.82, 2.24) is 25.6 Å². The maximum Gasteiger partial charge on any atom is 0.273 e. The van der Waals surface area contributed by atoms with Gasteiger partial charge in [0.15, 0.2) is 5.69 Å². The lowest BCUT2D eigenvalue weighted by atomic mass is 10.1. The minimum atomic E-state index is -0.162. The summed E-state index contributed by atoms with van der Waals surface area (Å²) in [6.07, 6.45) is 3.81. The number of nitrogens with zero attached hydrogens (tertiary/aromatic N) is 4. The Morgan fingerprint density at radius 2 is 2.07 bits per heavy atom. The summed E-state index contributed by atoms with van der Waals surface area (Å²) in [7, 11) is 0.